The van der Waals surface area contributed by atoms with Crippen LogP contribution in [-0.2, 0) is 0 Å². The Hall–Kier alpha value is -0.120. The molecule has 3 heteroatoms. The Kier molecular flexibility index (Phi) is 5.88. The molecule has 2 N–H and O–H groups in total. The minimum Gasteiger partial charge on any atom is -0.330 e. The number of hydrogen-bond donors (Lipinski definition) is 1. The largest absolute Gasteiger partial charge is 0.330 e. The maximum atomic E-state index is 6.07. The maximum Gasteiger partial charge on any atom is 0.0254 e. The lowest BCUT2D eigenvalue weighted by atomic mass is 9.76. The van der Waals surface area contributed by atoms with E-state index in [-0.39, 0.29) is 0 Å². The highest BCUT2D eigenvalue weighted by molar-refractivity contribution is 4.95. The van der Waals surface area contributed by atoms with Gasteiger partial charge in [0.2, 0.25) is 0 Å². The summed E-state index contributed by atoms with van der Waals surface area (Å²) >= 11 is 0. The standard InChI is InChI=1S/C17H35N3/c1-5-6-14-7-8-15(10-18)16(9-14)20-11-13(2)17(12-20)19(3)4/h13-17H,5-12,18H2,1-4H3. The molecule has 0 aromatic rings. The zero-order valence-corrected chi connectivity index (χ0v) is 14.0. The predicted molar refractivity (Wildman–Crippen MR) is 86.8 cm³/mol. The third kappa shape index (κ3) is 3.55. The van der Waals surface area contributed by atoms with Gasteiger partial charge in [0.05, 0.1) is 0 Å². The van der Waals surface area contributed by atoms with E-state index in [1.807, 2.05) is 0 Å². The molecular formula is C17H35N3. The highest BCUT2D eigenvalue weighted by Crippen LogP contribution is 2.36. The highest BCUT2D eigenvalue weighted by Gasteiger charge is 2.39. The average molecular weight is 281 g/mol. The van der Waals surface area contributed by atoms with Crippen LogP contribution in [0.3, 0.4) is 0 Å². The second-order valence-corrected chi connectivity index (χ2v) is 7.49. The molecule has 5 unspecified atom stereocenters. The fourth-order valence-corrected chi connectivity index (χ4v) is 4.62. The molecule has 20 heavy (non-hydrogen) atoms. The number of rotatable bonds is 5. The second-order valence-electron chi connectivity index (χ2n) is 7.49. The van der Waals surface area contributed by atoms with Gasteiger partial charge in [-0.15, -0.1) is 0 Å². The first kappa shape index (κ1) is 16.3. The second kappa shape index (κ2) is 7.24. The fraction of sp³-hybridized carbons (Fsp3) is 1.00. The van der Waals surface area contributed by atoms with Crippen LogP contribution in [-0.4, -0.2) is 55.6 Å². The molecule has 1 heterocycles. The Labute approximate surface area is 125 Å². The van der Waals surface area contributed by atoms with Crippen molar-refractivity contribution in [2.75, 3.05) is 33.7 Å². The number of likely N-dealkylation sites (N-methyl/N-ethyl adjacent to an activating group) is 1. The van der Waals surface area contributed by atoms with Gasteiger partial charge in [0.15, 0.2) is 0 Å². The van der Waals surface area contributed by atoms with Crippen molar-refractivity contribution < 1.29 is 0 Å². The highest BCUT2D eigenvalue weighted by atomic mass is 15.3. The lowest BCUT2D eigenvalue weighted by molar-refractivity contribution is 0.0921. The maximum absolute atomic E-state index is 6.07. The zero-order valence-electron chi connectivity index (χ0n) is 14.0. The van der Waals surface area contributed by atoms with Gasteiger partial charge in [0.25, 0.3) is 0 Å². The van der Waals surface area contributed by atoms with Crippen molar-refractivity contribution in [3.05, 3.63) is 0 Å². The first-order valence-corrected chi connectivity index (χ1v) is 8.67. The van der Waals surface area contributed by atoms with Gasteiger partial charge in [-0.1, -0.05) is 33.1 Å². The molecule has 1 saturated carbocycles. The summed E-state index contributed by atoms with van der Waals surface area (Å²) in [7, 11) is 4.46. The quantitative estimate of drug-likeness (QED) is 0.840. The smallest absolute Gasteiger partial charge is 0.0254 e. The number of hydrogen-bond acceptors (Lipinski definition) is 3. The van der Waals surface area contributed by atoms with E-state index in [0.29, 0.717) is 0 Å². The molecule has 0 aromatic carbocycles. The summed E-state index contributed by atoms with van der Waals surface area (Å²) in [5.41, 5.74) is 6.07. The van der Waals surface area contributed by atoms with Crippen LogP contribution in [0.4, 0.5) is 0 Å². The van der Waals surface area contributed by atoms with Crippen LogP contribution in [0.25, 0.3) is 0 Å². The van der Waals surface area contributed by atoms with Crippen molar-refractivity contribution in [2.45, 2.75) is 58.0 Å². The van der Waals surface area contributed by atoms with Gasteiger partial charge in [-0.05, 0) is 51.2 Å². The van der Waals surface area contributed by atoms with Crippen LogP contribution in [0.2, 0.25) is 0 Å². The number of nitrogens with two attached hydrogens (primary N) is 1. The molecule has 1 aliphatic carbocycles. The Morgan fingerprint density at radius 3 is 2.50 bits per heavy atom. The lowest BCUT2D eigenvalue weighted by Crippen LogP contribution is -2.47. The van der Waals surface area contributed by atoms with Gasteiger partial charge in [-0.25, -0.2) is 0 Å². The Morgan fingerprint density at radius 2 is 1.95 bits per heavy atom. The fourth-order valence-electron chi connectivity index (χ4n) is 4.62. The van der Waals surface area contributed by atoms with Crippen molar-refractivity contribution in [2.24, 2.45) is 23.5 Å². The van der Waals surface area contributed by atoms with Crippen molar-refractivity contribution in [3.63, 3.8) is 0 Å². The average Bonchev–Trinajstić information content (AvgIpc) is 2.81. The van der Waals surface area contributed by atoms with Crippen LogP contribution in [0.15, 0.2) is 0 Å². The van der Waals surface area contributed by atoms with E-state index in [4.69, 9.17) is 5.73 Å². The molecule has 0 aromatic heterocycles. The summed E-state index contributed by atoms with van der Waals surface area (Å²) in [6.07, 6.45) is 6.90. The van der Waals surface area contributed by atoms with Gasteiger partial charge < -0.3 is 10.6 Å². The summed E-state index contributed by atoms with van der Waals surface area (Å²) in [6.45, 7) is 8.12. The molecule has 5 atom stereocenters. The molecule has 0 bridgehead atoms. The van der Waals surface area contributed by atoms with Crippen LogP contribution < -0.4 is 5.73 Å². The van der Waals surface area contributed by atoms with Gasteiger partial charge in [0.1, 0.15) is 0 Å². The summed E-state index contributed by atoms with van der Waals surface area (Å²) in [5, 5.41) is 0. The van der Waals surface area contributed by atoms with Crippen molar-refractivity contribution in [1.29, 1.82) is 0 Å². The summed E-state index contributed by atoms with van der Waals surface area (Å²) in [4.78, 5) is 5.18. The van der Waals surface area contributed by atoms with Crippen molar-refractivity contribution in [1.82, 2.24) is 9.80 Å². The molecule has 0 amide bonds. The normalized spacial score (nSPS) is 39.6. The predicted octanol–water partition coefficient (Wildman–Crippen LogP) is 2.41. The Bertz CT molecular complexity index is 292. The first-order chi connectivity index (χ1) is 9.56. The zero-order chi connectivity index (χ0) is 14.7. The summed E-state index contributed by atoms with van der Waals surface area (Å²) in [5.74, 6) is 2.47. The number of nitrogens with zero attached hydrogens (tertiary/aromatic N) is 2. The Balaban J connectivity index is 2.00. The van der Waals surface area contributed by atoms with Gasteiger partial charge in [0, 0.05) is 25.2 Å². The van der Waals surface area contributed by atoms with E-state index in [9.17, 15) is 0 Å². The van der Waals surface area contributed by atoms with E-state index >= 15 is 0 Å². The molecule has 0 radical (unpaired) electrons. The van der Waals surface area contributed by atoms with Crippen molar-refractivity contribution in [3.8, 4) is 0 Å². The molecule has 2 rings (SSSR count). The van der Waals surface area contributed by atoms with Crippen LogP contribution in [0.1, 0.15) is 46.0 Å². The van der Waals surface area contributed by atoms with E-state index in [2.05, 4.69) is 37.7 Å². The van der Waals surface area contributed by atoms with Crippen LogP contribution in [0.5, 0.6) is 0 Å². The molecular weight excluding hydrogens is 246 g/mol. The third-order valence-corrected chi connectivity index (χ3v) is 5.80. The van der Waals surface area contributed by atoms with Crippen molar-refractivity contribution >= 4 is 0 Å². The molecule has 1 aliphatic heterocycles. The summed E-state index contributed by atoms with van der Waals surface area (Å²) < 4.78 is 0. The van der Waals surface area contributed by atoms with Gasteiger partial charge in [-0.2, -0.15) is 0 Å². The molecule has 1 saturated heterocycles. The monoisotopic (exact) mass is 281 g/mol. The molecule has 118 valence electrons. The van der Waals surface area contributed by atoms with Crippen LogP contribution in [0, 0.1) is 17.8 Å². The van der Waals surface area contributed by atoms with Gasteiger partial charge >= 0.3 is 0 Å². The minimum absolute atomic E-state index is 0.722. The van der Waals surface area contributed by atoms with E-state index < -0.39 is 0 Å². The third-order valence-electron chi connectivity index (χ3n) is 5.80. The van der Waals surface area contributed by atoms with E-state index in [1.54, 1.807) is 0 Å². The lowest BCUT2D eigenvalue weighted by Gasteiger charge is -2.41. The molecule has 2 aliphatic rings. The molecule has 0 spiro atoms. The SMILES string of the molecule is CCCC1CCC(CN)C(N2CC(C)C(N(C)C)C2)C1. The van der Waals surface area contributed by atoms with E-state index in [1.165, 1.54) is 45.2 Å². The van der Waals surface area contributed by atoms with Gasteiger partial charge in [-0.3, -0.25) is 4.90 Å². The number of likely N-dealkylation sites (tertiary alicyclic amines) is 1. The molecule has 3 nitrogen and oxygen atoms in total. The minimum atomic E-state index is 0.722. The summed E-state index contributed by atoms with van der Waals surface area (Å²) in [6, 6.07) is 1.47. The van der Waals surface area contributed by atoms with E-state index in [0.717, 1.165) is 36.4 Å². The Morgan fingerprint density at radius 1 is 1.20 bits per heavy atom. The topological polar surface area (TPSA) is 32.5 Å². The van der Waals surface area contributed by atoms with Crippen LogP contribution >= 0.6 is 0 Å². The molecule has 2 fully saturated rings. The first-order valence-electron chi connectivity index (χ1n) is 8.67.